The summed E-state index contributed by atoms with van der Waals surface area (Å²) in [6.07, 6.45) is 5.69. The fraction of sp³-hybridized carbons (Fsp3) is 0.250. The Bertz CT molecular complexity index is 766. The van der Waals surface area contributed by atoms with Gasteiger partial charge in [-0.2, -0.15) is 5.10 Å². The van der Waals surface area contributed by atoms with Crippen LogP contribution in [0.2, 0.25) is 0 Å². The third-order valence-electron chi connectivity index (χ3n) is 3.55. The minimum atomic E-state index is 0.163. The number of hydrogen-bond donors (Lipinski definition) is 1. The zero-order valence-electron chi connectivity index (χ0n) is 12.4. The standard InChI is InChI=1S/C16H18N4O/c1-11(12-9-18-20(2)10-12)19-14-7-8-17-16-13(14)5-4-6-15(16)21-3/h4-11H,1-3H3,(H,17,19)/t11-/m0/s1. The quantitative estimate of drug-likeness (QED) is 0.798. The SMILES string of the molecule is COc1cccc2c(N[C@@H](C)c3cnn(C)c3)ccnc12. The summed E-state index contributed by atoms with van der Waals surface area (Å²) in [6, 6.07) is 8.08. The van der Waals surface area contributed by atoms with Crippen LogP contribution in [0.4, 0.5) is 5.69 Å². The summed E-state index contributed by atoms with van der Waals surface area (Å²) < 4.78 is 7.18. The lowest BCUT2D eigenvalue weighted by Crippen LogP contribution is -2.06. The molecule has 0 unspecified atom stereocenters. The van der Waals surface area contributed by atoms with Crippen LogP contribution < -0.4 is 10.1 Å². The molecule has 0 saturated heterocycles. The van der Waals surface area contributed by atoms with Crippen LogP contribution in [0.3, 0.4) is 0 Å². The first kappa shape index (κ1) is 13.4. The number of aromatic nitrogens is 3. The molecule has 21 heavy (non-hydrogen) atoms. The van der Waals surface area contributed by atoms with E-state index in [2.05, 4.69) is 22.3 Å². The van der Waals surface area contributed by atoms with Gasteiger partial charge in [-0.1, -0.05) is 12.1 Å². The third-order valence-corrected chi connectivity index (χ3v) is 3.55. The Morgan fingerprint density at radius 2 is 2.14 bits per heavy atom. The van der Waals surface area contributed by atoms with Gasteiger partial charge in [-0.15, -0.1) is 0 Å². The van der Waals surface area contributed by atoms with Crippen LogP contribution in [-0.4, -0.2) is 21.9 Å². The summed E-state index contributed by atoms with van der Waals surface area (Å²) in [4.78, 5) is 4.42. The predicted octanol–water partition coefficient (Wildman–Crippen LogP) is 3.15. The minimum absolute atomic E-state index is 0.163. The molecule has 3 aromatic rings. The monoisotopic (exact) mass is 282 g/mol. The van der Waals surface area contributed by atoms with Crippen LogP contribution in [0.25, 0.3) is 10.9 Å². The fourth-order valence-electron chi connectivity index (χ4n) is 2.42. The highest BCUT2D eigenvalue weighted by Crippen LogP contribution is 2.30. The van der Waals surface area contributed by atoms with Crippen molar-refractivity contribution in [1.82, 2.24) is 14.8 Å². The van der Waals surface area contributed by atoms with Gasteiger partial charge in [0, 0.05) is 36.1 Å². The van der Waals surface area contributed by atoms with E-state index < -0.39 is 0 Å². The van der Waals surface area contributed by atoms with Crippen molar-refractivity contribution in [3.8, 4) is 5.75 Å². The number of rotatable bonds is 4. The van der Waals surface area contributed by atoms with E-state index in [0.717, 1.165) is 27.9 Å². The minimum Gasteiger partial charge on any atom is -0.494 e. The number of ether oxygens (including phenoxy) is 1. The highest BCUT2D eigenvalue weighted by atomic mass is 16.5. The number of anilines is 1. The van der Waals surface area contributed by atoms with Gasteiger partial charge >= 0.3 is 0 Å². The Morgan fingerprint density at radius 1 is 1.29 bits per heavy atom. The van der Waals surface area contributed by atoms with Crippen LogP contribution in [-0.2, 0) is 7.05 Å². The first-order valence-electron chi connectivity index (χ1n) is 6.86. The van der Waals surface area contributed by atoms with Crippen molar-refractivity contribution < 1.29 is 4.74 Å². The largest absolute Gasteiger partial charge is 0.494 e. The van der Waals surface area contributed by atoms with Crippen LogP contribution >= 0.6 is 0 Å². The fourth-order valence-corrected chi connectivity index (χ4v) is 2.42. The summed E-state index contributed by atoms with van der Waals surface area (Å²) in [7, 11) is 3.58. The van der Waals surface area contributed by atoms with E-state index in [1.54, 1.807) is 18.0 Å². The number of aryl methyl sites for hydroxylation is 1. The maximum Gasteiger partial charge on any atom is 0.145 e. The molecule has 0 spiro atoms. The van der Waals surface area contributed by atoms with Crippen molar-refractivity contribution in [2.24, 2.45) is 7.05 Å². The summed E-state index contributed by atoms with van der Waals surface area (Å²) in [5.41, 5.74) is 3.05. The second kappa shape index (κ2) is 5.44. The molecule has 1 atom stereocenters. The lowest BCUT2D eigenvalue weighted by atomic mass is 10.1. The zero-order chi connectivity index (χ0) is 14.8. The van der Waals surface area contributed by atoms with Gasteiger partial charge in [0.1, 0.15) is 11.3 Å². The first-order chi connectivity index (χ1) is 10.2. The molecule has 0 saturated carbocycles. The van der Waals surface area contributed by atoms with Gasteiger partial charge in [-0.3, -0.25) is 9.67 Å². The van der Waals surface area contributed by atoms with E-state index in [9.17, 15) is 0 Å². The maximum atomic E-state index is 5.37. The number of nitrogens with one attached hydrogen (secondary N) is 1. The zero-order valence-corrected chi connectivity index (χ0v) is 12.4. The van der Waals surface area contributed by atoms with Crippen LogP contribution in [0.5, 0.6) is 5.75 Å². The molecule has 0 bridgehead atoms. The molecular weight excluding hydrogens is 264 g/mol. The molecule has 1 N–H and O–H groups in total. The number of fused-ring (bicyclic) bond motifs is 1. The van der Waals surface area contributed by atoms with Crippen molar-refractivity contribution in [3.05, 3.63) is 48.4 Å². The molecule has 5 nitrogen and oxygen atoms in total. The molecule has 2 heterocycles. The molecule has 5 heteroatoms. The molecule has 1 aromatic carbocycles. The Morgan fingerprint density at radius 3 is 2.86 bits per heavy atom. The molecule has 2 aromatic heterocycles. The van der Waals surface area contributed by atoms with Crippen LogP contribution in [0.15, 0.2) is 42.9 Å². The van der Waals surface area contributed by atoms with Gasteiger partial charge in [-0.05, 0) is 19.1 Å². The maximum absolute atomic E-state index is 5.37. The van der Waals surface area contributed by atoms with Gasteiger partial charge < -0.3 is 10.1 Å². The van der Waals surface area contributed by atoms with E-state index in [-0.39, 0.29) is 6.04 Å². The normalized spacial score (nSPS) is 12.3. The first-order valence-corrected chi connectivity index (χ1v) is 6.86. The Balaban J connectivity index is 1.97. The number of methoxy groups -OCH3 is 1. The summed E-state index contributed by atoms with van der Waals surface area (Å²) in [6.45, 7) is 2.11. The predicted molar refractivity (Wildman–Crippen MR) is 83.5 cm³/mol. The Hall–Kier alpha value is -2.56. The summed E-state index contributed by atoms with van der Waals surface area (Å²) in [5.74, 6) is 0.783. The van der Waals surface area contributed by atoms with E-state index in [1.165, 1.54) is 0 Å². The van der Waals surface area contributed by atoms with E-state index >= 15 is 0 Å². The van der Waals surface area contributed by atoms with Gasteiger partial charge in [0.2, 0.25) is 0 Å². The van der Waals surface area contributed by atoms with Crippen molar-refractivity contribution in [3.63, 3.8) is 0 Å². The molecule has 108 valence electrons. The van der Waals surface area contributed by atoms with Crippen molar-refractivity contribution in [2.45, 2.75) is 13.0 Å². The van der Waals surface area contributed by atoms with Gasteiger partial charge in [0.25, 0.3) is 0 Å². The number of hydrogen-bond acceptors (Lipinski definition) is 4. The molecule has 0 amide bonds. The van der Waals surface area contributed by atoms with Crippen molar-refractivity contribution in [1.29, 1.82) is 0 Å². The number of benzene rings is 1. The number of pyridine rings is 1. The van der Waals surface area contributed by atoms with Crippen LogP contribution in [0.1, 0.15) is 18.5 Å². The highest BCUT2D eigenvalue weighted by molar-refractivity contribution is 5.94. The average molecular weight is 282 g/mol. The lowest BCUT2D eigenvalue weighted by Gasteiger charge is -2.16. The van der Waals surface area contributed by atoms with Gasteiger partial charge in [0.15, 0.2) is 0 Å². The smallest absolute Gasteiger partial charge is 0.145 e. The molecule has 0 aliphatic heterocycles. The Labute approximate surface area is 123 Å². The van der Waals surface area contributed by atoms with Crippen LogP contribution in [0, 0.1) is 0 Å². The molecular formula is C16H18N4O. The van der Waals surface area contributed by atoms with E-state index in [1.807, 2.05) is 43.7 Å². The van der Waals surface area contributed by atoms with Crippen molar-refractivity contribution in [2.75, 3.05) is 12.4 Å². The Kier molecular flexibility index (Phi) is 3.48. The second-order valence-corrected chi connectivity index (χ2v) is 5.03. The van der Waals surface area contributed by atoms with E-state index in [0.29, 0.717) is 0 Å². The number of para-hydroxylation sites is 1. The molecule has 0 fully saturated rings. The molecule has 0 aliphatic carbocycles. The van der Waals surface area contributed by atoms with Gasteiger partial charge in [0.05, 0.1) is 19.3 Å². The number of nitrogens with zero attached hydrogens (tertiary/aromatic N) is 3. The van der Waals surface area contributed by atoms with Gasteiger partial charge in [-0.25, -0.2) is 0 Å². The second-order valence-electron chi connectivity index (χ2n) is 5.03. The van der Waals surface area contributed by atoms with Crippen molar-refractivity contribution >= 4 is 16.6 Å². The topological polar surface area (TPSA) is 52.0 Å². The molecule has 0 radical (unpaired) electrons. The highest BCUT2D eigenvalue weighted by Gasteiger charge is 2.11. The molecule has 0 aliphatic rings. The third kappa shape index (κ3) is 2.54. The average Bonchev–Trinajstić information content (AvgIpc) is 2.93. The summed E-state index contributed by atoms with van der Waals surface area (Å²) in [5, 5.41) is 8.78. The molecule has 3 rings (SSSR count). The lowest BCUT2D eigenvalue weighted by molar-refractivity contribution is 0.419. The summed E-state index contributed by atoms with van der Waals surface area (Å²) >= 11 is 0. The van der Waals surface area contributed by atoms with E-state index in [4.69, 9.17) is 4.74 Å².